The van der Waals surface area contributed by atoms with E-state index in [0.717, 1.165) is 29.5 Å². The van der Waals surface area contributed by atoms with Gasteiger partial charge in [0.05, 0.1) is 0 Å². The Bertz CT molecular complexity index is 486. The van der Waals surface area contributed by atoms with Gasteiger partial charge in [0.2, 0.25) is 0 Å². The van der Waals surface area contributed by atoms with E-state index in [0.29, 0.717) is 0 Å². The molecule has 1 aromatic rings. The third-order valence-electron chi connectivity index (χ3n) is 2.60. The Hall–Kier alpha value is -1.41. The Morgan fingerprint density at radius 2 is 1.89 bits per heavy atom. The lowest BCUT2D eigenvalue weighted by Crippen LogP contribution is -2.29. The molecule has 1 heterocycles. The molecule has 0 aliphatic carbocycles. The summed E-state index contributed by atoms with van der Waals surface area (Å²) in [6.45, 7) is 3.02. The van der Waals surface area contributed by atoms with Crippen molar-refractivity contribution in [2.75, 3.05) is 37.3 Å². The van der Waals surface area contributed by atoms with Crippen molar-refractivity contribution in [2.24, 2.45) is 0 Å². The van der Waals surface area contributed by atoms with E-state index in [2.05, 4.69) is 21.8 Å². The van der Waals surface area contributed by atoms with Crippen molar-refractivity contribution in [1.82, 2.24) is 14.5 Å². The number of nitrogens with zero attached hydrogens (tertiary/aromatic N) is 4. The fourth-order valence-corrected chi connectivity index (χ4v) is 1.87. The SMILES string of the molecule is CCCCN(C)c1ccc(NS(=O)(=O)N(C)C)nn1. The third-order valence-corrected chi connectivity index (χ3v) is 4.03. The zero-order chi connectivity index (χ0) is 14.5. The van der Waals surface area contributed by atoms with Crippen LogP contribution in [0.2, 0.25) is 0 Å². The number of hydrogen-bond acceptors (Lipinski definition) is 5. The first-order valence-corrected chi connectivity index (χ1v) is 7.56. The molecule has 0 atom stereocenters. The van der Waals surface area contributed by atoms with Gasteiger partial charge in [-0.2, -0.15) is 12.7 Å². The molecule has 0 saturated heterocycles. The molecule has 8 heteroatoms. The summed E-state index contributed by atoms with van der Waals surface area (Å²) in [5.74, 6) is 0.933. The van der Waals surface area contributed by atoms with Gasteiger partial charge in [-0.1, -0.05) is 13.3 Å². The summed E-state index contributed by atoms with van der Waals surface area (Å²) >= 11 is 0. The van der Waals surface area contributed by atoms with Crippen molar-refractivity contribution < 1.29 is 8.42 Å². The summed E-state index contributed by atoms with van der Waals surface area (Å²) in [5.41, 5.74) is 0. The van der Waals surface area contributed by atoms with E-state index in [1.54, 1.807) is 12.1 Å². The first kappa shape index (κ1) is 15.6. The second-order valence-corrected chi connectivity index (χ2v) is 6.33. The maximum absolute atomic E-state index is 11.6. The smallest absolute Gasteiger partial charge is 0.302 e. The summed E-state index contributed by atoms with van der Waals surface area (Å²) in [6, 6.07) is 3.35. The number of aromatic nitrogens is 2. The molecular formula is C11H21N5O2S. The largest absolute Gasteiger partial charge is 0.358 e. The lowest BCUT2D eigenvalue weighted by atomic mass is 10.3. The van der Waals surface area contributed by atoms with Gasteiger partial charge in [0.1, 0.15) is 0 Å². The molecule has 7 nitrogen and oxygen atoms in total. The Balaban J connectivity index is 2.72. The summed E-state index contributed by atoms with van der Waals surface area (Å²) in [4.78, 5) is 1.99. The molecule has 0 amide bonds. The second-order valence-electron chi connectivity index (χ2n) is 4.44. The van der Waals surface area contributed by atoms with Gasteiger partial charge in [-0.3, -0.25) is 4.72 Å². The fraction of sp³-hybridized carbons (Fsp3) is 0.636. The number of anilines is 2. The molecule has 0 radical (unpaired) electrons. The van der Waals surface area contributed by atoms with E-state index >= 15 is 0 Å². The molecule has 1 rings (SSSR count). The molecular weight excluding hydrogens is 266 g/mol. The highest BCUT2D eigenvalue weighted by molar-refractivity contribution is 7.90. The maximum atomic E-state index is 11.6. The molecule has 1 aromatic heterocycles. The highest BCUT2D eigenvalue weighted by Crippen LogP contribution is 2.12. The van der Waals surface area contributed by atoms with Crippen LogP contribution in [0.4, 0.5) is 11.6 Å². The third kappa shape index (κ3) is 4.64. The molecule has 0 aliphatic rings. The minimum atomic E-state index is -3.53. The Labute approximate surface area is 114 Å². The minimum absolute atomic E-state index is 0.210. The summed E-state index contributed by atoms with van der Waals surface area (Å²) < 4.78 is 26.6. The highest BCUT2D eigenvalue weighted by atomic mass is 32.2. The van der Waals surface area contributed by atoms with Gasteiger partial charge in [0, 0.05) is 27.7 Å². The zero-order valence-corrected chi connectivity index (χ0v) is 12.6. The molecule has 0 aliphatic heterocycles. The number of hydrogen-bond donors (Lipinski definition) is 1. The highest BCUT2D eigenvalue weighted by Gasteiger charge is 2.14. The van der Waals surface area contributed by atoms with Crippen LogP contribution in [0, 0.1) is 0 Å². The lowest BCUT2D eigenvalue weighted by molar-refractivity contribution is 0.526. The van der Waals surface area contributed by atoms with Crippen molar-refractivity contribution in [3.8, 4) is 0 Å². The van der Waals surface area contributed by atoms with E-state index < -0.39 is 10.2 Å². The molecule has 0 bridgehead atoms. The topological polar surface area (TPSA) is 78.4 Å². The first-order chi connectivity index (χ1) is 8.86. The Morgan fingerprint density at radius 3 is 2.37 bits per heavy atom. The van der Waals surface area contributed by atoms with Gasteiger partial charge < -0.3 is 4.90 Å². The Kier molecular flexibility index (Phi) is 5.49. The summed E-state index contributed by atoms with van der Waals surface area (Å²) in [7, 11) is 1.30. The molecule has 0 saturated carbocycles. The fourth-order valence-electron chi connectivity index (χ4n) is 1.32. The quantitative estimate of drug-likeness (QED) is 0.807. The van der Waals surface area contributed by atoms with Gasteiger partial charge >= 0.3 is 10.2 Å². The van der Waals surface area contributed by atoms with Gasteiger partial charge in [-0.15, -0.1) is 10.2 Å². The van der Waals surface area contributed by atoms with Crippen LogP contribution >= 0.6 is 0 Å². The van der Waals surface area contributed by atoms with Crippen molar-refractivity contribution in [3.05, 3.63) is 12.1 Å². The average Bonchev–Trinajstić information content (AvgIpc) is 2.36. The summed E-state index contributed by atoms with van der Waals surface area (Å²) in [5, 5.41) is 7.87. The Morgan fingerprint density at radius 1 is 1.21 bits per heavy atom. The van der Waals surface area contributed by atoms with E-state index in [1.807, 2.05) is 11.9 Å². The molecule has 0 spiro atoms. The minimum Gasteiger partial charge on any atom is -0.358 e. The van der Waals surface area contributed by atoms with E-state index in [-0.39, 0.29) is 5.82 Å². The van der Waals surface area contributed by atoms with Gasteiger partial charge in [-0.05, 0) is 18.6 Å². The van der Waals surface area contributed by atoms with Crippen LogP contribution in [-0.4, -0.2) is 50.6 Å². The molecule has 19 heavy (non-hydrogen) atoms. The van der Waals surface area contributed by atoms with Crippen LogP contribution in [-0.2, 0) is 10.2 Å². The molecule has 0 aromatic carbocycles. The summed E-state index contributed by atoms with van der Waals surface area (Å²) in [6.07, 6.45) is 2.19. The normalized spacial score (nSPS) is 11.6. The van der Waals surface area contributed by atoms with Gasteiger partial charge in [0.15, 0.2) is 11.6 Å². The van der Waals surface area contributed by atoms with Crippen LogP contribution in [0.3, 0.4) is 0 Å². The average molecular weight is 287 g/mol. The van der Waals surface area contributed by atoms with Crippen molar-refractivity contribution in [3.63, 3.8) is 0 Å². The lowest BCUT2D eigenvalue weighted by Gasteiger charge is -2.17. The number of nitrogens with one attached hydrogen (secondary N) is 1. The van der Waals surface area contributed by atoms with Gasteiger partial charge in [0.25, 0.3) is 0 Å². The van der Waals surface area contributed by atoms with Crippen LogP contribution in [0.25, 0.3) is 0 Å². The monoisotopic (exact) mass is 287 g/mol. The number of rotatable bonds is 7. The van der Waals surface area contributed by atoms with Crippen LogP contribution in [0.1, 0.15) is 19.8 Å². The van der Waals surface area contributed by atoms with Gasteiger partial charge in [-0.25, -0.2) is 0 Å². The van der Waals surface area contributed by atoms with Crippen LogP contribution in [0.15, 0.2) is 12.1 Å². The molecule has 1 N–H and O–H groups in total. The van der Waals surface area contributed by atoms with Crippen molar-refractivity contribution in [2.45, 2.75) is 19.8 Å². The van der Waals surface area contributed by atoms with E-state index in [9.17, 15) is 8.42 Å². The first-order valence-electron chi connectivity index (χ1n) is 6.12. The standard InChI is InChI=1S/C11H21N5O2S/c1-5-6-9-16(4)11-8-7-10(12-13-11)14-19(17,18)15(2)3/h7-8H,5-6,9H2,1-4H3,(H,12,14). The van der Waals surface area contributed by atoms with E-state index in [1.165, 1.54) is 14.1 Å². The predicted molar refractivity (Wildman–Crippen MR) is 76.4 cm³/mol. The predicted octanol–water partition coefficient (Wildman–Crippen LogP) is 0.931. The van der Waals surface area contributed by atoms with Crippen molar-refractivity contribution >= 4 is 21.8 Å². The van der Waals surface area contributed by atoms with Crippen molar-refractivity contribution in [1.29, 1.82) is 0 Å². The van der Waals surface area contributed by atoms with E-state index in [4.69, 9.17) is 0 Å². The van der Waals surface area contributed by atoms with Crippen LogP contribution in [0.5, 0.6) is 0 Å². The molecule has 108 valence electrons. The second kappa shape index (κ2) is 6.67. The zero-order valence-electron chi connectivity index (χ0n) is 11.8. The number of unbranched alkanes of at least 4 members (excludes halogenated alkanes) is 1. The maximum Gasteiger partial charge on any atom is 0.302 e. The molecule has 0 unspecified atom stereocenters. The van der Waals surface area contributed by atoms with Crippen LogP contribution < -0.4 is 9.62 Å². The molecule has 0 fully saturated rings.